The zero-order valence-electron chi connectivity index (χ0n) is 16.9. The fourth-order valence-corrected chi connectivity index (χ4v) is 2.44. The molecule has 0 unspecified atom stereocenters. The van der Waals surface area contributed by atoms with Gasteiger partial charge >= 0.3 is 12.1 Å². The van der Waals surface area contributed by atoms with Crippen molar-refractivity contribution in [2.24, 2.45) is 5.73 Å². The number of halogens is 4. The molecular formula is C20H22F4N6O2. The zero-order chi connectivity index (χ0) is 23.6. The van der Waals surface area contributed by atoms with E-state index in [2.05, 4.69) is 20.4 Å². The highest BCUT2D eigenvalue weighted by atomic mass is 19.4. The van der Waals surface area contributed by atoms with E-state index < -0.39 is 12.1 Å². The summed E-state index contributed by atoms with van der Waals surface area (Å²) in [7, 11) is 0. The third kappa shape index (κ3) is 7.95. The average molecular weight is 454 g/mol. The van der Waals surface area contributed by atoms with Crippen LogP contribution in [0, 0.1) is 5.82 Å². The number of hydrogen-bond acceptors (Lipinski definition) is 6. The monoisotopic (exact) mass is 454 g/mol. The van der Waals surface area contributed by atoms with Gasteiger partial charge in [0.25, 0.3) is 0 Å². The van der Waals surface area contributed by atoms with Crippen molar-refractivity contribution in [2.45, 2.75) is 25.4 Å². The van der Waals surface area contributed by atoms with Crippen molar-refractivity contribution >= 4 is 11.9 Å². The van der Waals surface area contributed by atoms with Crippen LogP contribution in [-0.4, -0.2) is 50.1 Å². The Bertz CT molecular complexity index is 992. The lowest BCUT2D eigenvalue weighted by atomic mass is 10.2. The van der Waals surface area contributed by atoms with Gasteiger partial charge in [-0.05, 0) is 49.7 Å². The summed E-state index contributed by atoms with van der Waals surface area (Å²) in [5.41, 5.74) is 7.94. The van der Waals surface area contributed by atoms with Gasteiger partial charge in [0, 0.05) is 24.5 Å². The van der Waals surface area contributed by atoms with Gasteiger partial charge in [-0.1, -0.05) is 6.42 Å². The first-order valence-electron chi connectivity index (χ1n) is 9.59. The second-order valence-corrected chi connectivity index (χ2v) is 6.49. The number of aromatic nitrogens is 4. The molecule has 0 atom stereocenters. The van der Waals surface area contributed by atoms with Crippen LogP contribution in [0.4, 0.5) is 23.5 Å². The second kappa shape index (κ2) is 11.7. The Morgan fingerprint density at radius 3 is 2.44 bits per heavy atom. The lowest BCUT2D eigenvalue weighted by molar-refractivity contribution is -0.192. The molecule has 0 aliphatic carbocycles. The van der Waals surface area contributed by atoms with Gasteiger partial charge in [-0.3, -0.25) is 0 Å². The minimum Gasteiger partial charge on any atom is -0.475 e. The lowest BCUT2D eigenvalue weighted by Gasteiger charge is -2.05. The molecule has 0 saturated carbocycles. The Morgan fingerprint density at radius 1 is 1.12 bits per heavy atom. The number of rotatable bonds is 8. The number of benzene rings is 1. The number of nitrogens with two attached hydrogens (primary N) is 1. The van der Waals surface area contributed by atoms with Crippen LogP contribution < -0.4 is 11.1 Å². The van der Waals surface area contributed by atoms with Crippen molar-refractivity contribution in [1.29, 1.82) is 0 Å². The maximum atomic E-state index is 13.0. The SMILES string of the molecule is NCCCCCNc1nccc(-c2cnn(-c3ccc(F)cc3)c2)n1.O=C(O)C(F)(F)F. The van der Waals surface area contributed by atoms with Crippen molar-refractivity contribution in [3.63, 3.8) is 0 Å². The number of nitrogens with zero attached hydrogens (tertiary/aromatic N) is 4. The number of aliphatic carboxylic acids is 1. The highest BCUT2D eigenvalue weighted by Crippen LogP contribution is 2.19. The van der Waals surface area contributed by atoms with Crippen LogP contribution in [0.2, 0.25) is 0 Å². The quantitative estimate of drug-likeness (QED) is 0.351. The Labute approximate surface area is 181 Å². The highest BCUT2D eigenvalue weighted by Gasteiger charge is 2.38. The van der Waals surface area contributed by atoms with Crippen molar-refractivity contribution in [3.8, 4) is 16.9 Å². The molecule has 0 spiro atoms. The molecule has 2 heterocycles. The molecule has 0 bridgehead atoms. The van der Waals surface area contributed by atoms with Crippen molar-refractivity contribution in [1.82, 2.24) is 19.7 Å². The molecule has 12 heteroatoms. The summed E-state index contributed by atoms with van der Waals surface area (Å²) < 4.78 is 46.5. The standard InChI is InChI=1S/C18H21FN6.C2HF3O2/c19-15-4-6-16(7-5-15)25-13-14(12-23-25)17-8-11-22-18(24-17)21-10-3-1-2-9-20;3-2(4,5)1(6)7/h4-8,11-13H,1-3,9-10,20H2,(H,21,22,24);(H,6,7). The minimum absolute atomic E-state index is 0.269. The molecule has 0 radical (unpaired) electrons. The van der Waals surface area contributed by atoms with Gasteiger partial charge < -0.3 is 16.2 Å². The van der Waals surface area contributed by atoms with Crippen LogP contribution in [0.5, 0.6) is 0 Å². The van der Waals surface area contributed by atoms with Crippen LogP contribution in [0.25, 0.3) is 16.9 Å². The van der Waals surface area contributed by atoms with Crippen molar-refractivity contribution in [3.05, 3.63) is 54.7 Å². The van der Waals surface area contributed by atoms with Gasteiger partial charge in [0.2, 0.25) is 5.95 Å². The third-order valence-corrected chi connectivity index (χ3v) is 4.03. The van der Waals surface area contributed by atoms with Gasteiger partial charge in [0.05, 0.1) is 17.6 Å². The predicted octanol–water partition coefficient (Wildman–Crippen LogP) is 3.64. The molecule has 3 aromatic rings. The number of anilines is 1. The van der Waals surface area contributed by atoms with Gasteiger partial charge in [0.1, 0.15) is 5.82 Å². The van der Waals surface area contributed by atoms with Gasteiger partial charge in [0.15, 0.2) is 0 Å². The van der Waals surface area contributed by atoms with E-state index in [1.54, 1.807) is 29.2 Å². The molecule has 0 fully saturated rings. The Hall–Kier alpha value is -3.54. The molecule has 172 valence electrons. The van der Waals surface area contributed by atoms with Gasteiger partial charge in [-0.25, -0.2) is 23.8 Å². The lowest BCUT2D eigenvalue weighted by Crippen LogP contribution is -2.21. The molecule has 0 aliphatic heterocycles. The Kier molecular flexibility index (Phi) is 9.08. The largest absolute Gasteiger partial charge is 0.490 e. The molecule has 8 nitrogen and oxygen atoms in total. The summed E-state index contributed by atoms with van der Waals surface area (Å²) in [5, 5.41) is 14.7. The fourth-order valence-electron chi connectivity index (χ4n) is 2.44. The number of unbranched alkanes of at least 4 members (excludes halogenated alkanes) is 2. The number of nitrogens with one attached hydrogen (secondary N) is 1. The number of carboxylic acids is 1. The van der Waals surface area contributed by atoms with E-state index in [4.69, 9.17) is 15.6 Å². The maximum absolute atomic E-state index is 13.0. The summed E-state index contributed by atoms with van der Waals surface area (Å²) >= 11 is 0. The first-order chi connectivity index (χ1) is 15.2. The van der Waals surface area contributed by atoms with E-state index in [0.29, 0.717) is 5.95 Å². The van der Waals surface area contributed by atoms with Crippen LogP contribution in [-0.2, 0) is 4.79 Å². The molecule has 4 N–H and O–H groups in total. The highest BCUT2D eigenvalue weighted by molar-refractivity contribution is 5.73. The molecular weight excluding hydrogens is 432 g/mol. The fraction of sp³-hybridized carbons (Fsp3) is 0.300. The van der Waals surface area contributed by atoms with Crippen molar-refractivity contribution in [2.75, 3.05) is 18.4 Å². The smallest absolute Gasteiger partial charge is 0.475 e. The third-order valence-electron chi connectivity index (χ3n) is 4.03. The average Bonchev–Trinajstić information content (AvgIpc) is 3.24. The Morgan fingerprint density at radius 2 is 1.81 bits per heavy atom. The summed E-state index contributed by atoms with van der Waals surface area (Å²) in [6.45, 7) is 1.54. The Balaban J connectivity index is 0.000000451. The maximum Gasteiger partial charge on any atom is 0.490 e. The second-order valence-electron chi connectivity index (χ2n) is 6.49. The number of hydrogen-bond donors (Lipinski definition) is 3. The number of carbonyl (C=O) groups is 1. The van der Waals surface area contributed by atoms with E-state index in [9.17, 15) is 17.6 Å². The van der Waals surface area contributed by atoms with E-state index in [-0.39, 0.29) is 5.82 Å². The number of alkyl halides is 3. The normalized spacial score (nSPS) is 10.9. The first-order valence-corrected chi connectivity index (χ1v) is 9.59. The van der Waals surface area contributed by atoms with Crippen LogP contribution in [0.1, 0.15) is 19.3 Å². The van der Waals surface area contributed by atoms with Crippen molar-refractivity contribution < 1.29 is 27.5 Å². The summed E-state index contributed by atoms with van der Waals surface area (Å²) in [4.78, 5) is 17.7. The molecule has 0 saturated heterocycles. The van der Waals surface area contributed by atoms with E-state index in [0.717, 1.165) is 49.3 Å². The zero-order valence-corrected chi connectivity index (χ0v) is 16.9. The predicted molar refractivity (Wildman–Crippen MR) is 110 cm³/mol. The molecule has 0 amide bonds. The minimum atomic E-state index is -5.08. The molecule has 32 heavy (non-hydrogen) atoms. The van der Waals surface area contributed by atoms with E-state index >= 15 is 0 Å². The number of carboxylic acid groups (broad SMARTS) is 1. The molecule has 0 aliphatic rings. The van der Waals surface area contributed by atoms with E-state index in [1.807, 2.05) is 12.3 Å². The van der Waals surface area contributed by atoms with Gasteiger partial charge in [-0.2, -0.15) is 18.3 Å². The van der Waals surface area contributed by atoms with Crippen LogP contribution >= 0.6 is 0 Å². The topological polar surface area (TPSA) is 119 Å². The molecule has 2 aromatic heterocycles. The van der Waals surface area contributed by atoms with Gasteiger partial charge in [-0.15, -0.1) is 0 Å². The first kappa shape index (κ1) is 24.7. The molecule has 3 rings (SSSR count). The molecule has 1 aromatic carbocycles. The van der Waals surface area contributed by atoms with Crippen LogP contribution in [0.15, 0.2) is 48.9 Å². The van der Waals surface area contributed by atoms with Crippen LogP contribution in [0.3, 0.4) is 0 Å². The van der Waals surface area contributed by atoms with E-state index in [1.165, 1.54) is 12.1 Å². The summed E-state index contributed by atoms with van der Waals surface area (Å²) in [6.07, 6.45) is 3.39. The summed E-state index contributed by atoms with van der Waals surface area (Å²) in [5.74, 6) is -2.43. The summed E-state index contributed by atoms with van der Waals surface area (Å²) in [6, 6.07) is 8.02.